The van der Waals surface area contributed by atoms with E-state index in [2.05, 4.69) is 15.6 Å². The lowest BCUT2D eigenvalue weighted by Crippen LogP contribution is -2.40. The van der Waals surface area contributed by atoms with Crippen LogP contribution in [0.25, 0.3) is 0 Å². The molecule has 152 valence electrons. The minimum Gasteiger partial charge on any atom is -0.466 e. The maximum absolute atomic E-state index is 12.0. The monoisotopic (exact) mass is 370 g/mol. The third-order valence-electron chi connectivity index (χ3n) is 3.96. The SMILES string of the molecule is CCNC(=NCCCCCCC(=O)OCC)NCCC(=O)N(CC)CC. The van der Waals surface area contributed by atoms with Crippen LogP contribution >= 0.6 is 0 Å². The number of carbonyl (C=O) groups excluding carboxylic acids is 2. The first-order valence-electron chi connectivity index (χ1n) is 10.0. The Hall–Kier alpha value is -1.79. The summed E-state index contributed by atoms with van der Waals surface area (Å²) >= 11 is 0. The summed E-state index contributed by atoms with van der Waals surface area (Å²) < 4.78 is 4.91. The van der Waals surface area contributed by atoms with E-state index in [1.54, 1.807) is 0 Å². The topological polar surface area (TPSA) is 83.0 Å². The fraction of sp³-hybridized carbons (Fsp3) is 0.842. The summed E-state index contributed by atoms with van der Waals surface area (Å²) in [6, 6.07) is 0. The number of rotatable bonds is 14. The van der Waals surface area contributed by atoms with Gasteiger partial charge < -0.3 is 20.3 Å². The largest absolute Gasteiger partial charge is 0.466 e. The zero-order valence-electron chi connectivity index (χ0n) is 17.1. The van der Waals surface area contributed by atoms with Crippen molar-refractivity contribution in [2.24, 2.45) is 4.99 Å². The van der Waals surface area contributed by atoms with Gasteiger partial charge in [-0.25, -0.2) is 0 Å². The zero-order valence-corrected chi connectivity index (χ0v) is 17.1. The summed E-state index contributed by atoms with van der Waals surface area (Å²) in [5.74, 6) is 0.815. The molecule has 7 nitrogen and oxygen atoms in total. The van der Waals surface area contributed by atoms with Crippen LogP contribution in [0.1, 0.15) is 66.2 Å². The van der Waals surface area contributed by atoms with Gasteiger partial charge in [0.1, 0.15) is 0 Å². The molecule has 0 radical (unpaired) electrons. The minimum absolute atomic E-state index is 0.108. The summed E-state index contributed by atoms with van der Waals surface area (Å²) in [6.45, 7) is 11.9. The Morgan fingerprint density at radius 1 is 0.923 bits per heavy atom. The van der Waals surface area contributed by atoms with E-state index >= 15 is 0 Å². The normalized spacial score (nSPS) is 11.2. The molecule has 1 amide bonds. The molecule has 0 saturated heterocycles. The fourth-order valence-electron chi connectivity index (χ4n) is 2.52. The lowest BCUT2D eigenvalue weighted by molar-refractivity contribution is -0.143. The van der Waals surface area contributed by atoms with Crippen LogP contribution < -0.4 is 10.6 Å². The standard InChI is InChI=1S/C19H38N4O3/c1-5-20-19(22-16-14-17(24)23(6-2)7-3)21-15-12-10-9-11-13-18(25)26-8-4/h5-16H2,1-4H3,(H2,20,21,22). The highest BCUT2D eigenvalue weighted by atomic mass is 16.5. The van der Waals surface area contributed by atoms with E-state index < -0.39 is 0 Å². The Kier molecular flexibility index (Phi) is 15.5. The van der Waals surface area contributed by atoms with Gasteiger partial charge in [-0.05, 0) is 40.5 Å². The molecule has 26 heavy (non-hydrogen) atoms. The molecular formula is C19H38N4O3. The van der Waals surface area contributed by atoms with Crippen LogP contribution in [0.15, 0.2) is 4.99 Å². The first kappa shape index (κ1) is 24.2. The molecule has 0 fully saturated rings. The van der Waals surface area contributed by atoms with Gasteiger partial charge in [-0.3, -0.25) is 14.6 Å². The van der Waals surface area contributed by atoms with Gasteiger partial charge >= 0.3 is 5.97 Å². The number of unbranched alkanes of at least 4 members (excludes halogenated alkanes) is 3. The van der Waals surface area contributed by atoms with Gasteiger partial charge in [0.05, 0.1) is 6.61 Å². The third-order valence-corrected chi connectivity index (χ3v) is 3.96. The van der Waals surface area contributed by atoms with Crippen molar-refractivity contribution in [1.82, 2.24) is 15.5 Å². The highest BCUT2D eigenvalue weighted by Gasteiger charge is 2.09. The maximum atomic E-state index is 12.0. The van der Waals surface area contributed by atoms with E-state index in [0.29, 0.717) is 26.0 Å². The molecule has 0 rings (SSSR count). The number of ether oxygens (including phenoxy) is 1. The molecule has 0 aliphatic carbocycles. The van der Waals surface area contributed by atoms with E-state index in [9.17, 15) is 9.59 Å². The Morgan fingerprint density at radius 2 is 1.62 bits per heavy atom. The number of esters is 1. The van der Waals surface area contributed by atoms with E-state index in [1.807, 2.05) is 32.6 Å². The summed E-state index contributed by atoms with van der Waals surface area (Å²) in [7, 11) is 0. The van der Waals surface area contributed by atoms with E-state index in [4.69, 9.17) is 4.74 Å². The lowest BCUT2D eigenvalue weighted by atomic mass is 10.1. The third kappa shape index (κ3) is 12.6. The van der Waals surface area contributed by atoms with Crippen LogP contribution in [0, 0.1) is 0 Å². The molecule has 0 aliphatic heterocycles. The second-order valence-electron chi connectivity index (χ2n) is 5.97. The molecular weight excluding hydrogens is 332 g/mol. The van der Waals surface area contributed by atoms with Gasteiger partial charge in [-0.2, -0.15) is 0 Å². The van der Waals surface area contributed by atoms with Crippen molar-refractivity contribution in [3.8, 4) is 0 Å². The van der Waals surface area contributed by atoms with E-state index in [-0.39, 0.29) is 11.9 Å². The molecule has 0 aromatic carbocycles. The second kappa shape index (κ2) is 16.7. The van der Waals surface area contributed by atoms with Gasteiger partial charge in [0.25, 0.3) is 0 Å². The van der Waals surface area contributed by atoms with Gasteiger partial charge in [0, 0.05) is 45.6 Å². The van der Waals surface area contributed by atoms with Crippen LogP contribution in [0.2, 0.25) is 0 Å². The summed E-state index contributed by atoms with van der Waals surface area (Å²) in [6.07, 6.45) is 4.88. The highest BCUT2D eigenvalue weighted by Crippen LogP contribution is 2.04. The lowest BCUT2D eigenvalue weighted by Gasteiger charge is -2.19. The van der Waals surface area contributed by atoms with Crippen molar-refractivity contribution in [2.75, 3.05) is 39.3 Å². The van der Waals surface area contributed by atoms with Crippen molar-refractivity contribution >= 4 is 17.8 Å². The van der Waals surface area contributed by atoms with Crippen LogP contribution in [-0.2, 0) is 14.3 Å². The van der Waals surface area contributed by atoms with E-state index in [0.717, 1.165) is 57.8 Å². The number of hydrogen-bond donors (Lipinski definition) is 2. The number of guanidine groups is 1. The number of nitrogens with one attached hydrogen (secondary N) is 2. The smallest absolute Gasteiger partial charge is 0.305 e. The highest BCUT2D eigenvalue weighted by molar-refractivity contribution is 5.81. The van der Waals surface area contributed by atoms with Crippen LogP contribution in [0.3, 0.4) is 0 Å². The summed E-state index contributed by atoms with van der Waals surface area (Å²) in [4.78, 5) is 29.6. The second-order valence-corrected chi connectivity index (χ2v) is 5.97. The van der Waals surface area contributed by atoms with Gasteiger partial charge in [-0.1, -0.05) is 12.8 Å². The first-order valence-corrected chi connectivity index (χ1v) is 10.0. The minimum atomic E-state index is -0.108. The summed E-state index contributed by atoms with van der Waals surface area (Å²) in [5, 5.41) is 6.41. The predicted molar refractivity (Wildman–Crippen MR) is 106 cm³/mol. The Labute approximate surface area is 158 Å². The number of carbonyl (C=O) groups is 2. The average molecular weight is 371 g/mol. The average Bonchev–Trinajstić information content (AvgIpc) is 2.62. The molecule has 0 saturated carbocycles. The number of nitrogens with zero attached hydrogens (tertiary/aromatic N) is 2. The van der Waals surface area contributed by atoms with Crippen LogP contribution in [0.4, 0.5) is 0 Å². The maximum Gasteiger partial charge on any atom is 0.305 e. The molecule has 0 aromatic rings. The molecule has 0 bridgehead atoms. The first-order chi connectivity index (χ1) is 12.6. The number of hydrogen-bond acceptors (Lipinski definition) is 4. The molecule has 0 aromatic heterocycles. The van der Waals surface area contributed by atoms with Gasteiger partial charge in [-0.15, -0.1) is 0 Å². The van der Waals surface area contributed by atoms with Crippen molar-refractivity contribution in [1.29, 1.82) is 0 Å². The fourth-order valence-corrected chi connectivity index (χ4v) is 2.52. The van der Waals surface area contributed by atoms with Crippen molar-refractivity contribution in [3.05, 3.63) is 0 Å². The Balaban J connectivity index is 3.95. The van der Waals surface area contributed by atoms with Crippen molar-refractivity contribution in [3.63, 3.8) is 0 Å². The molecule has 0 atom stereocenters. The molecule has 7 heteroatoms. The van der Waals surface area contributed by atoms with Gasteiger partial charge in [0.15, 0.2) is 5.96 Å². The Morgan fingerprint density at radius 3 is 2.23 bits per heavy atom. The summed E-state index contributed by atoms with van der Waals surface area (Å²) in [5.41, 5.74) is 0. The zero-order chi connectivity index (χ0) is 19.6. The van der Waals surface area contributed by atoms with Gasteiger partial charge in [0.2, 0.25) is 5.91 Å². The van der Waals surface area contributed by atoms with Crippen molar-refractivity contribution in [2.45, 2.75) is 66.2 Å². The van der Waals surface area contributed by atoms with E-state index in [1.165, 1.54) is 0 Å². The molecule has 0 aliphatic rings. The number of aliphatic imine (C=N–C) groups is 1. The Bertz CT molecular complexity index is 410. The predicted octanol–water partition coefficient (Wildman–Crippen LogP) is 2.31. The van der Waals surface area contributed by atoms with Crippen LogP contribution in [-0.4, -0.2) is 62.1 Å². The quantitative estimate of drug-likeness (QED) is 0.212. The molecule has 2 N–H and O–H groups in total. The molecule has 0 unspecified atom stereocenters. The number of amides is 1. The molecule has 0 heterocycles. The van der Waals surface area contributed by atoms with Crippen molar-refractivity contribution < 1.29 is 14.3 Å². The molecule has 0 spiro atoms. The van der Waals surface area contributed by atoms with Crippen LogP contribution in [0.5, 0.6) is 0 Å².